The summed E-state index contributed by atoms with van der Waals surface area (Å²) >= 11 is 0. The van der Waals surface area contributed by atoms with Gasteiger partial charge in [0, 0.05) is 0 Å². The molecule has 1 nitrogen and oxygen atoms in total. The maximum absolute atomic E-state index is 5.88. The van der Waals surface area contributed by atoms with Gasteiger partial charge in [-0.3, -0.25) is 0 Å². The lowest BCUT2D eigenvalue weighted by atomic mass is 10.3. The van der Waals surface area contributed by atoms with E-state index in [1.807, 2.05) is 12.1 Å². The van der Waals surface area contributed by atoms with Crippen molar-refractivity contribution in [2.75, 3.05) is 0 Å². The number of hydrogen-bond acceptors (Lipinski definition) is 1. The first-order chi connectivity index (χ1) is 7.36. The average molecular weight is 212 g/mol. The lowest BCUT2D eigenvalue weighted by Gasteiger charge is -2.24. The molecule has 0 amide bonds. The van der Waals surface area contributed by atoms with E-state index in [1.165, 1.54) is 10.4 Å². The van der Waals surface area contributed by atoms with Crippen molar-refractivity contribution < 1.29 is 4.74 Å². The normalized spacial score (nSPS) is 13.9. The summed E-state index contributed by atoms with van der Waals surface area (Å²) < 4.78 is 5.88. The van der Waals surface area contributed by atoms with Crippen molar-refractivity contribution in [1.29, 1.82) is 0 Å². The molecule has 0 spiro atoms. The molecule has 0 aliphatic carbocycles. The third kappa shape index (κ3) is 1.29. The Morgan fingerprint density at radius 1 is 0.800 bits per heavy atom. The zero-order valence-electron chi connectivity index (χ0n) is 8.60. The Balaban J connectivity index is 2.20. The number of hydrogen-bond donors (Lipinski definition) is 0. The third-order valence-corrected chi connectivity index (χ3v) is 5.81. The van der Waals surface area contributed by atoms with E-state index in [0.717, 1.165) is 11.5 Å². The van der Waals surface area contributed by atoms with E-state index in [4.69, 9.17) is 4.74 Å². The Bertz CT molecular complexity index is 462. The van der Waals surface area contributed by atoms with Gasteiger partial charge in [0.25, 0.3) is 0 Å². The number of para-hydroxylation sites is 2. The summed E-state index contributed by atoms with van der Waals surface area (Å²) in [5.74, 6) is 2.10. The van der Waals surface area contributed by atoms with Crippen LogP contribution >= 0.6 is 0 Å². The first kappa shape index (κ1) is 8.74. The highest BCUT2D eigenvalue weighted by Gasteiger charge is 2.23. The van der Waals surface area contributed by atoms with Crippen LogP contribution in [-0.2, 0) is 0 Å². The van der Waals surface area contributed by atoms with Crippen molar-refractivity contribution in [2.45, 2.75) is 6.55 Å². The van der Waals surface area contributed by atoms with Crippen molar-refractivity contribution in [3.63, 3.8) is 0 Å². The monoisotopic (exact) mass is 212 g/mol. The van der Waals surface area contributed by atoms with Gasteiger partial charge in [0.2, 0.25) is 0 Å². The molecule has 2 aromatic carbocycles. The SMILES string of the molecule is C[SiH]1c2ccccc2Oc2ccccc21. The minimum absolute atomic E-state index is 1.01. The molecule has 0 saturated heterocycles. The zero-order valence-corrected chi connectivity index (χ0v) is 9.76. The first-order valence-electron chi connectivity index (χ1n) is 5.22. The quantitative estimate of drug-likeness (QED) is 0.605. The molecule has 0 bridgehead atoms. The summed E-state index contributed by atoms with van der Waals surface area (Å²) in [6.07, 6.45) is 0. The van der Waals surface area contributed by atoms with Crippen LogP contribution in [0.2, 0.25) is 6.55 Å². The highest BCUT2D eigenvalue weighted by Crippen LogP contribution is 2.23. The molecular weight excluding hydrogens is 200 g/mol. The molecule has 74 valence electrons. The van der Waals surface area contributed by atoms with Gasteiger partial charge < -0.3 is 4.74 Å². The topological polar surface area (TPSA) is 9.23 Å². The fraction of sp³-hybridized carbons (Fsp3) is 0.0769. The van der Waals surface area contributed by atoms with Gasteiger partial charge in [-0.1, -0.05) is 42.9 Å². The fourth-order valence-electron chi connectivity index (χ4n) is 2.15. The van der Waals surface area contributed by atoms with Crippen LogP contribution in [0.5, 0.6) is 11.5 Å². The minimum Gasteiger partial charge on any atom is -0.458 e. The molecule has 0 aromatic heterocycles. The molecule has 0 unspecified atom stereocenters. The Morgan fingerprint density at radius 2 is 1.27 bits per heavy atom. The largest absolute Gasteiger partial charge is 0.458 e. The van der Waals surface area contributed by atoms with Gasteiger partial charge in [0.15, 0.2) is 0 Å². The fourth-order valence-corrected chi connectivity index (χ4v) is 4.45. The predicted molar refractivity (Wildman–Crippen MR) is 65.2 cm³/mol. The Morgan fingerprint density at radius 3 is 1.80 bits per heavy atom. The van der Waals surface area contributed by atoms with Crippen LogP contribution in [0.15, 0.2) is 48.5 Å². The standard InChI is InChI=1S/C13H12OSi/c1-15-12-8-4-2-6-10(12)14-11-7-3-5-9-13(11)15/h2-9,15H,1H3. The van der Waals surface area contributed by atoms with E-state index in [-0.39, 0.29) is 0 Å². The molecule has 3 rings (SSSR count). The maximum Gasteiger partial charge on any atom is 0.126 e. The molecule has 2 heteroatoms. The van der Waals surface area contributed by atoms with Crippen LogP contribution < -0.4 is 15.1 Å². The van der Waals surface area contributed by atoms with Crippen molar-refractivity contribution in [1.82, 2.24) is 0 Å². The second-order valence-corrected chi connectivity index (χ2v) is 6.59. The van der Waals surface area contributed by atoms with E-state index in [1.54, 1.807) is 0 Å². The van der Waals surface area contributed by atoms with Crippen LogP contribution in [0.4, 0.5) is 0 Å². The molecule has 1 aliphatic rings. The highest BCUT2D eigenvalue weighted by molar-refractivity contribution is 6.85. The van der Waals surface area contributed by atoms with Crippen LogP contribution in [0.3, 0.4) is 0 Å². The molecule has 0 atom stereocenters. The van der Waals surface area contributed by atoms with Gasteiger partial charge in [-0.2, -0.15) is 0 Å². The van der Waals surface area contributed by atoms with Crippen LogP contribution in [0.1, 0.15) is 0 Å². The van der Waals surface area contributed by atoms with E-state index in [2.05, 4.69) is 42.9 Å². The van der Waals surface area contributed by atoms with Gasteiger partial charge >= 0.3 is 0 Å². The minimum atomic E-state index is -1.01. The summed E-state index contributed by atoms with van der Waals surface area (Å²) in [5, 5.41) is 2.83. The third-order valence-electron chi connectivity index (χ3n) is 2.99. The number of rotatable bonds is 0. The summed E-state index contributed by atoms with van der Waals surface area (Å²) in [6, 6.07) is 16.8. The second kappa shape index (κ2) is 3.24. The van der Waals surface area contributed by atoms with Crippen molar-refractivity contribution in [3.05, 3.63) is 48.5 Å². The van der Waals surface area contributed by atoms with Gasteiger partial charge in [-0.05, 0) is 22.5 Å². The summed E-state index contributed by atoms with van der Waals surface area (Å²) in [5.41, 5.74) is 0. The summed E-state index contributed by atoms with van der Waals surface area (Å²) in [7, 11) is -1.01. The molecule has 0 N–H and O–H groups in total. The number of ether oxygens (including phenoxy) is 1. The summed E-state index contributed by atoms with van der Waals surface area (Å²) in [6.45, 7) is 2.36. The van der Waals surface area contributed by atoms with Crippen LogP contribution in [0.25, 0.3) is 0 Å². The molecule has 0 radical (unpaired) electrons. The molecule has 2 aromatic rings. The van der Waals surface area contributed by atoms with Crippen LogP contribution in [-0.4, -0.2) is 8.80 Å². The van der Waals surface area contributed by atoms with Crippen molar-refractivity contribution in [3.8, 4) is 11.5 Å². The predicted octanol–water partition coefficient (Wildman–Crippen LogP) is 1.76. The van der Waals surface area contributed by atoms with Crippen LogP contribution in [0, 0.1) is 0 Å². The Kier molecular flexibility index (Phi) is 1.89. The summed E-state index contributed by atoms with van der Waals surface area (Å²) in [4.78, 5) is 0. The van der Waals surface area contributed by atoms with E-state index < -0.39 is 8.80 Å². The van der Waals surface area contributed by atoms with Gasteiger partial charge in [0.1, 0.15) is 20.3 Å². The highest BCUT2D eigenvalue weighted by atomic mass is 28.3. The van der Waals surface area contributed by atoms with E-state index in [0.29, 0.717) is 0 Å². The molecule has 1 heterocycles. The second-order valence-electron chi connectivity index (χ2n) is 3.90. The molecule has 0 fully saturated rings. The average Bonchev–Trinajstić information content (AvgIpc) is 2.30. The number of fused-ring (bicyclic) bond motifs is 2. The van der Waals surface area contributed by atoms with Gasteiger partial charge in [-0.25, -0.2) is 0 Å². The van der Waals surface area contributed by atoms with E-state index in [9.17, 15) is 0 Å². The molecular formula is C13H12OSi. The lowest BCUT2D eigenvalue weighted by Crippen LogP contribution is -2.43. The molecule has 15 heavy (non-hydrogen) atoms. The smallest absolute Gasteiger partial charge is 0.126 e. The maximum atomic E-state index is 5.88. The Hall–Kier alpha value is -1.54. The zero-order chi connectivity index (χ0) is 10.3. The van der Waals surface area contributed by atoms with Crippen molar-refractivity contribution in [2.24, 2.45) is 0 Å². The molecule has 0 saturated carbocycles. The van der Waals surface area contributed by atoms with Crippen molar-refractivity contribution >= 4 is 19.2 Å². The van der Waals surface area contributed by atoms with Gasteiger partial charge in [-0.15, -0.1) is 0 Å². The lowest BCUT2D eigenvalue weighted by molar-refractivity contribution is 0.487. The Labute approximate surface area is 90.9 Å². The first-order valence-corrected chi connectivity index (χ1v) is 7.53. The number of benzene rings is 2. The van der Waals surface area contributed by atoms with Gasteiger partial charge in [0.05, 0.1) is 0 Å². The molecule has 1 aliphatic heterocycles. The van der Waals surface area contributed by atoms with E-state index >= 15 is 0 Å².